The average molecular weight is 289 g/mol. The van der Waals surface area contributed by atoms with Crippen molar-refractivity contribution in [2.45, 2.75) is 25.4 Å². The third-order valence-electron chi connectivity index (χ3n) is 2.97. The zero-order chi connectivity index (χ0) is 13.0. The number of nitrogens with one attached hydrogen (secondary N) is 2. The number of rotatable bonds is 5. The molecule has 4 nitrogen and oxygen atoms in total. The first kappa shape index (κ1) is 13.8. The number of sulfonamides is 1. The Morgan fingerprint density at radius 1 is 1.44 bits per heavy atom. The maximum atomic E-state index is 11.9. The van der Waals surface area contributed by atoms with Crippen LogP contribution in [0, 0.1) is 0 Å². The molecule has 0 aromatic heterocycles. The van der Waals surface area contributed by atoms with Crippen LogP contribution in [0.25, 0.3) is 0 Å². The third-order valence-corrected chi connectivity index (χ3v) is 4.63. The lowest BCUT2D eigenvalue weighted by molar-refractivity contribution is 0.563. The molecule has 1 aromatic carbocycles. The fourth-order valence-corrected chi connectivity index (χ4v) is 3.59. The minimum absolute atomic E-state index is 0.0851. The molecule has 100 valence electrons. The molecular formula is C12H17ClN2O2S. The van der Waals surface area contributed by atoms with Crippen molar-refractivity contribution < 1.29 is 8.42 Å². The van der Waals surface area contributed by atoms with Crippen molar-refractivity contribution in [3.8, 4) is 0 Å². The summed E-state index contributed by atoms with van der Waals surface area (Å²) in [5.74, 6) is 0.146. The molecule has 0 amide bonds. The summed E-state index contributed by atoms with van der Waals surface area (Å²) in [5.41, 5.74) is 0.866. The van der Waals surface area contributed by atoms with Gasteiger partial charge in [0.15, 0.2) is 0 Å². The van der Waals surface area contributed by atoms with E-state index in [1.165, 1.54) is 0 Å². The van der Waals surface area contributed by atoms with Gasteiger partial charge in [-0.2, -0.15) is 0 Å². The van der Waals surface area contributed by atoms with E-state index in [0.717, 1.165) is 24.9 Å². The molecule has 1 unspecified atom stereocenters. The highest BCUT2D eigenvalue weighted by Gasteiger charge is 2.21. The molecule has 0 saturated carbocycles. The Bertz CT molecular complexity index is 499. The minimum atomic E-state index is -3.23. The summed E-state index contributed by atoms with van der Waals surface area (Å²) in [6.07, 6.45) is 1.98. The molecule has 18 heavy (non-hydrogen) atoms. The van der Waals surface area contributed by atoms with E-state index in [2.05, 4.69) is 10.0 Å². The van der Waals surface area contributed by atoms with E-state index >= 15 is 0 Å². The van der Waals surface area contributed by atoms with E-state index in [1.807, 2.05) is 12.1 Å². The van der Waals surface area contributed by atoms with E-state index < -0.39 is 10.0 Å². The number of halogens is 1. The molecule has 0 radical (unpaired) electrons. The fourth-order valence-electron chi connectivity index (χ4n) is 2.06. The van der Waals surface area contributed by atoms with Crippen LogP contribution in [0.3, 0.4) is 0 Å². The Hall–Kier alpha value is -0.620. The average Bonchev–Trinajstić information content (AvgIpc) is 2.79. The van der Waals surface area contributed by atoms with Gasteiger partial charge in [0.05, 0.1) is 5.75 Å². The Kier molecular flexibility index (Phi) is 4.61. The van der Waals surface area contributed by atoms with Crippen LogP contribution in [0.4, 0.5) is 0 Å². The summed E-state index contributed by atoms with van der Waals surface area (Å²) < 4.78 is 26.3. The van der Waals surface area contributed by atoms with Gasteiger partial charge in [0.1, 0.15) is 0 Å². The molecule has 0 aliphatic carbocycles. The highest BCUT2D eigenvalue weighted by molar-refractivity contribution is 7.89. The molecule has 0 bridgehead atoms. The predicted molar refractivity (Wildman–Crippen MR) is 73.1 cm³/mol. The topological polar surface area (TPSA) is 58.2 Å². The van der Waals surface area contributed by atoms with Crippen molar-refractivity contribution in [2.75, 3.05) is 12.3 Å². The van der Waals surface area contributed by atoms with Crippen LogP contribution >= 0.6 is 11.6 Å². The second-order valence-corrected chi connectivity index (χ2v) is 6.81. The molecule has 2 N–H and O–H groups in total. The molecule has 1 fully saturated rings. The molecule has 1 aromatic rings. The molecular weight excluding hydrogens is 272 g/mol. The summed E-state index contributed by atoms with van der Waals surface area (Å²) in [6, 6.07) is 7.27. The second-order valence-electron chi connectivity index (χ2n) is 4.53. The summed E-state index contributed by atoms with van der Waals surface area (Å²) in [5, 5.41) is 3.79. The lowest BCUT2D eigenvalue weighted by atomic mass is 10.2. The summed E-state index contributed by atoms with van der Waals surface area (Å²) in [4.78, 5) is 0. The minimum Gasteiger partial charge on any atom is -0.313 e. The molecule has 1 heterocycles. The van der Waals surface area contributed by atoms with Gasteiger partial charge in [-0.15, -0.1) is 0 Å². The van der Waals surface area contributed by atoms with Crippen molar-refractivity contribution in [2.24, 2.45) is 0 Å². The maximum absolute atomic E-state index is 11.9. The zero-order valence-corrected chi connectivity index (χ0v) is 11.6. The van der Waals surface area contributed by atoms with Crippen molar-refractivity contribution in [1.82, 2.24) is 10.0 Å². The zero-order valence-electron chi connectivity index (χ0n) is 10.0. The first-order valence-corrected chi connectivity index (χ1v) is 8.03. The molecule has 2 rings (SSSR count). The van der Waals surface area contributed by atoms with Gasteiger partial charge < -0.3 is 5.32 Å². The molecule has 1 atom stereocenters. The van der Waals surface area contributed by atoms with Gasteiger partial charge in [0.25, 0.3) is 0 Å². The van der Waals surface area contributed by atoms with Crippen LogP contribution in [0.2, 0.25) is 5.02 Å². The van der Waals surface area contributed by atoms with Gasteiger partial charge in [0, 0.05) is 17.6 Å². The number of benzene rings is 1. The molecule has 1 aliphatic heterocycles. The Labute approximate surface area is 113 Å². The molecule has 0 spiro atoms. The number of hydrogen-bond acceptors (Lipinski definition) is 3. The van der Waals surface area contributed by atoms with Crippen LogP contribution < -0.4 is 10.0 Å². The lowest BCUT2D eigenvalue weighted by Crippen LogP contribution is -2.36. The van der Waals surface area contributed by atoms with Gasteiger partial charge >= 0.3 is 0 Å². The fraction of sp³-hybridized carbons (Fsp3) is 0.500. The Balaban J connectivity index is 1.88. The van der Waals surface area contributed by atoms with Gasteiger partial charge in [0.2, 0.25) is 10.0 Å². The van der Waals surface area contributed by atoms with Crippen LogP contribution in [0.15, 0.2) is 24.3 Å². The molecule has 1 saturated heterocycles. The van der Waals surface area contributed by atoms with Crippen LogP contribution in [-0.2, 0) is 16.6 Å². The van der Waals surface area contributed by atoms with Crippen molar-refractivity contribution >= 4 is 21.6 Å². The molecule has 6 heteroatoms. The quantitative estimate of drug-likeness (QED) is 0.863. The number of hydrogen-bond donors (Lipinski definition) is 2. The predicted octanol–water partition coefficient (Wildman–Crippen LogP) is 1.51. The Morgan fingerprint density at radius 2 is 2.28 bits per heavy atom. The first-order valence-electron chi connectivity index (χ1n) is 6.00. The van der Waals surface area contributed by atoms with E-state index in [0.29, 0.717) is 5.02 Å². The molecule has 1 aliphatic rings. The van der Waals surface area contributed by atoms with Crippen LogP contribution in [0.5, 0.6) is 0 Å². The summed E-state index contributed by atoms with van der Waals surface area (Å²) >= 11 is 5.85. The van der Waals surface area contributed by atoms with Gasteiger partial charge in [-0.25, -0.2) is 13.1 Å². The van der Waals surface area contributed by atoms with Gasteiger partial charge in [-0.1, -0.05) is 23.7 Å². The highest BCUT2D eigenvalue weighted by atomic mass is 35.5. The van der Waals surface area contributed by atoms with Crippen molar-refractivity contribution in [3.05, 3.63) is 34.9 Å². The van der Waals surface area contributed by atoms with E-state index in [4.69, 9.17) is 11.6 Å². The van der Waals surface area contributed by atoms with Gasteiger partial charge in [-0.3, -0.25) is 0 Å². The van der Waals surface area contributed by atoms with E-state index in [9.17, 15) is 8.42 Å². The SMILES string of the molecule is O=S(=O)(CC1CCCN1)NCc1cccc(Cl)c1. The van der Waals surface area contributed by atoms with Gasteiger partial charge in [-0.05, 0) is 37.1 Å². The van der Waals surface area contributed by atoms with Crippen molar-refractivity contribution in [3.63, 3.8) is 0 Å². The monoisotopic (exact) mass is 288 g/mol. The standard InChI is InChI=1S/C12H17ClN2O2S/c13-11-4-1-3-10(7-11)8-15-18(16,17)9-12-5-2-6-14-12/h1,3-4,7,12,14-15H,2,5-6,8-9H2. The normalized spacial score (nSPS) is 20.2. The largest absolute Gasteiger partial charge is 0.313 e. The van der Waals surface area contributed by atoms with Crippen LogP contribution in [-0.4, -0.2) is 26.8 Å². The smallest absolute Gasteiger partial charge is 0.213 e. The summed E-state index contributed by atoms with van der Waals surface area (Å²) in [6.45, 7) is 1.20. The summed E-state index contributed by atoms with van der Waals surface area (Å²) in [7, 11) is -3.23. The van der Waals surface area contributed by atoms with E-state index in [1.54, 1.807) is 12.1 Å². The third kappa shape index (κ3) is 4.24. The van der Waals surface area contributed by atoms with Crippen molar-refractivity contribution in [1.29, 1.82) is 0 Å². The highest BCUT2D eigenvalue weighted by Crippen LogP contribution is 2.11. The lowest BCUT2D eigenvalue weighted by Gasteiger charge is -2.12. The first-order chi connectivity index (χ1) is 8.55. The van der Waals surface area contributed by atoms with Crippen LogP contribution in [0.1, 0.15) is 18.4 Å². The van der Waals surface area contributed by atoms with E-state index in [-0.39, 0.29) is 18.3 Å². The Morgan fingerprint density at radius 3 is 2.94 bits per heavy atom. The second kappa shape index (κ2) is 6.02. The maximum Gasteiger partial charge on any atom is 0.213 e.